The highest BCUT2D eigenvalue weighted by molar-refractivity contribution is 5.92. The standard InChI is InChI=1S/C25H20N2O2/c28-25(18-29-24-14-12-20-7-1-2-8-21(20)17-24)27-23-10-5-6-19(16-23)11-13-22-9-3-4-15-26-22/h1-17H,18H2,(H,27,28). The van der Waals surface area contributed by atoms with Gasteiger partial charge in [0.25, 0.3) is 5.91 Å². The first kappa shape index (κ1) is 18.4. The number of aromatic nitrogens is 1. The van der Waals surface area contributed by atoms with Gasteiger partial charge in [0.1, 0.15) is 5.75 Å². The van der Waals surface area contributed by atoms with E-state index in [1.54, 1.807) is 6.20 Å². The van der Waals surface area contributed by atoms with Crippen LogP contribution in [0.1, 0.15) is 11.3 Å². The van der Waals surface area contributed by atoms with Crippen LogP contribution in [0, 0.1) is 0 Å². The summed E-state index contributed by atoms with van der Waals surface area (Å²) in [6.45, 7) is -0.0493. The summed E-state index contributed by atoms with van der Waals surface area (Å²) in [5.41, 5.74) is 2.58. The molecule has 1 aromatic heterocycles. The highest BCUT2D eigenvalue weighted by Gasteiger charge is 2.05. The summed E-state index contributed by atoms with van der Waals surface area (Å²) in [4.78, 5) is 16.5. The van der Waals surface area contributed by atoms with Crippen molar-refractivity contribution < 1.29 is 9.53 Å². The van der Waals surface area contributed by atoms with Crippen LogP contribution in [0.25, 0.3) is 22.9 Å². The van der Waals surface area contributed by atoms with E-state index in [1.165, 1.54) is 0 Å². The van der Waals surface area contributed by atoms with Crippen LogP contribution < -0.4 is 10.1 Å². The van der Waals surface area contributed by atoms with Gasteiger partial charge in [-0.25, -0.2) is 0 Å². The Bertz CT molecular complexity index is 1150. The molecule has 1 heterocycles. The summed E-state index contributed by atoms with van der Waals surface area (Å²) in [6.07, 6.45) is 5.65. The summed E-state index contributed by atoms with van der Waals surface area (Å²) >= 11 is 0. The largest absolute Gasteiger partial charge is 0.484 e. The molecule has 0 aliphatic carbocycles. The maximum Gasteiger partial charge on any atom is 0.262 e. The maximum absolute atomic E-state index is 12.3. The Hall–Kier alpha value is -3.92. The van der Waals surface area contributed by atoms with Gasteiger partial charge in [0.15, 0.2) is 6.61 Å². The molecule has 142 valence electrons. The lowest BCUT2D eigenvalue weighted by atomic mass is 10.1. The number of anilines is 1. The van der Waals surface area contributed by atoms with Crippen LogP contribution in [-0.2, 0) is 4.79 Å². The second-order valence-electron chi connectivity index (χ2n) is 6.56. The summed E-state index contributed by atoms with van der Waals surface area (Å²) in [6, 6.07) is 27.2. The molecule has 1 amide bonds. The zero-order valence-electron chi connectivity index (χ0n) is 15.8. The summed E-state index contributed by atoms with van der Waals surface area (Å²) in [5, 5.41) is 5.09. The normalized spacial score (nSPS) is 10.9. The molecule has 0 aliphatic heterocycles. The molecule has 4 heteroatoms. The van der Waals surface area contributed by atoms with Crippen molar-refractivity contribution in [3.8, 4) is 5.75 Å². The average Bonchev–Trinajstić information content (AvgIpc) is 2.77. The molecule has 4 aromatic rings. The number of hydrogen-bond acceptors (Lipinski definition) is 3. The first-order chi connectivity index (χ1) is 14.3. The SMILES string of the molecule is O=C(COc1ccc2ccccc2c1)Nc1cccc(C=Cc2ccccn2)c1. The minimum absolute atomic E-state index is 0.0493. The summed E-state index contributed by atoms with van der Waals surface area (Å²) in [7, 11) is 0. The molecule has 0 bridgehead atoms. The number of nitrogens with one attached hydrogen (secondary N) is 1. The number of amides is 1. The van der Waals surface area contributed by atoms with Crippen LogP contribution in [0.15, 0.2) is 91.1 Å². The second kappa shape index (κ2) is 8.85. The van der Waals surface area contributed by atoms with Crippen molar-refractivity contribution in [2.75, 3.05) is 11.9 Å². The van der Waals surface area contributed by atoms with Crippen LogP contribution in [0.3, 0.4) is 0 Å². The van der Waals surface area contributed by atoms with Gasteiger partial charge in [-0.3, -0.25) is 9.78 Å². The molecule has 0 atom stereocenters. The van der Waals surface area contributed by atoms with E-state index in [0.717, 1.165) is 27.7 Å². The van der Waals surface area contributed by atoms with Crippen molar-refractivity contribution in [2.24, 2.45) is 0 Å². The van der Waals surface area contributed by atoms with Crippen LogP contribution in [0.4, 0.5) is 5.69 Å². The average molecular weight is 380 g/mol. The Balaban J connectivity index is 1.36. The van der Waals surface area contributed by atoms with Crippen molar-refractivity contribution in [1.82, 2.24) is 4.98 Å². The fourth-order valence-electron chi connectivity index (χ4n) is 2.98. The topological polar surface area (TPSA) is 51.2 Å². The molecule has 1 N–H and O–H groups in total. The third-order valence-electron chi connectivity index (χ3n) is 4.40. The molecule has 4 nitrogen and oxygen atoms in total. The fourth-order valence-corrected chi connectivity index (χ4v) is 2.98. The molecule has 3 aromatic carbocycles. The molecule has 0 spiro atoms. The summed E-state index contributed by atoms with van der Waals surface area (Å²) in [5.74, 6) is 0.468. The first-order valence-corrected chi connectivity index (χ1v) is 9.37. The quantitative estimate of drug-likeness (QED) is 0.486. The van der Waals surface area contributed by atoms with Gasteiger partial charge in [0.05, 0.1) is 5.69 Å². The maximum atomic E-state index is 12.3. The van der Waals surface area contributed by atoms with Gasteiger partial charge in [-0.1, -0.05) is 54.6 Å². The van der Waals surface area contributed by atoms with E-state index in [1.807, 2.05) is 97.1 Å². The van der Waals surface area contributed by atoms with Crippen molar-refractivity contribution in [1.29, 1.82) is 0 Å². The van der Waals surface area contributed by atoms with Gasteiger partial charge >= 0.3 is 0 Å². The fraction of sp³-hybridized carbons (Fsp3) is 0.0400. The van der Waals surface area contributed by atoms with Crippen molar-refractivity contribution in [3.05, 3.63) is 102 Å². The molecule has 4 rings (SSSR count). The Labute approximate surface area is 169 Å². The number of fused-ring (bicyclic) bond motifs is 1. The second-order valence-corrected chi connectivity index (χ2v) is 6.56. The van der Waals surface area contributed by atoms with Crippen molar-refractivity contribution in [3.63, 3.8) is 0 Å². The van der Waals surface area contributed by atoms with Crippen LogP contribution in [-0.4, -0.2) is 17.5 Å². The molecule has 29 heavy (non-hydrogen) atoms. The monoisotopic (exact) mass is 380 g/mol. The zero-order chi connectivity index (χ0) is 19.9. The van der Waals surface area contributed by atoms with Crippen molar-refractivity contribution in [2.45, 2.75) is 0 Å². The van der Waals surface area contributed by atoms with Gasteiger partial charge in [-0.15, -0.1) is 0 Å². The highest BCUT2D eigenvalue weighted by Crippen LogP contribution is 2.20. The molecule has 0 aliphatic rings. The molecule has 0 fully saturated rings. The van der Waals surface area contributed by atoms with Gasteiger partial charge in [-0.2, -0.15) is 0 Å². The Morgan fingerprint density at radius 2 is 1.72 bits per heavy atom. The number of nitrogens with zero attached hydrogens (tertiary/aromatic N) is 1. The molecule has 0 saturated heterocycles. The highest BCUT2D eigenvalue weighted by atomic mass is 16.5. The van der Waals surface area contributed by atoms with E-state index in [-0.39, 0.29) is 12.5 Å². The Morgan fingerprint density at radius 3 is 2.59 bits per heavy atom. The van der Waals surface area contributed by atoms with E-state index in [9.17, 15) is 4.79 Å². The van der Waals surface area contributed by atoms with E-state index in [4.69, 9.17) is 4.74 Å². The minimum atomic E-state index is -0.205. The smallest absolute Gasteiger partial charge is 0.262 e. The van der Waals surface area contributed by atoms with E-state index in [0.29, 0.717) is 5.75 Å². The third-order valence-corrected chi connectivity index (χ3v) is 4.40. The number of carbonyl (C=O) groups excluding carboxylic acids is 1. The minimum Gasteiger partial charge on any atom is -0.484 e. The number of ether oxygens (including phenoxy) is 1. The number of hydrogen-bond donors (Lipinski definition) is 1. The molecular weight excluding hydrogens is 360 g/mol. The molecule has 0 saturated carbocycles. The van der Waals surface area contributed by atoms with E-state index < -0.39 is 0 Å². The third kappa shape index (κ3) is 5.08. The lowest BCUT2D eigenvalue weighted by Gasteiger charge is -2.09. The molecule has 0 radical (unpaired) electrons. The Morgan fingerprint density at radius 1 is 0.862 bits per heavy atom. The lowest BCUT2D eigenvalue weighted by Crippen LogP contribution is -2.20. The number of rotatable bonds is 6. The van der Waals surface area contributed by atoms with Gasteiger partial charge in [0, 0.05) is 11.9 Å². The zero-order valence-corrected chi connectivity index (χ0v) is 15.8. The number of carbonyl (C=O) groups is 1. The van der Waals surface area contributed by atoms with Gasteiger partial charge < -0.3 is 10.1 Å². The predicted octanol–water partition coefficient (Wildman–Crippen LogP) is 5.42. The summed E-state index contributed by atoms with van der Waals surface area (Å²) < 4.78 is 5.65. The lowest BCUT2D eigenvalue weighted by molar-refractivity contribution is -0.118. The number of pyridine rings is 1. The first-order valence-electron chi connectivity index (χ1n) is 9.37. The Kier molecular flexibility index (Phi) is 5.63. The molecular formula is C25H20N2O2. The predicted molar refractivity (Wildman–Crippen MR) is 118 cm³/mol. The van der Waals surface area contributed by atoms with Gasteiger partial charge in [0.2, 0.25) is 0 Å². The van der Waals surface area contributed by atoms with Crippen LogP contribution in [0.5, 0.6) is 5.75 Å². The molecule has 0 unspecified atom stereocenters. The van der Waals surface area contributed by atoms with Gasteiger partial charge in [-0.05, 0) is 58.8 Å². The van der Waals surface area contributed by atoms with E-state index >= 15 is 0 Å². The number of benzene rings is 3. The van der Waals surface area contributed by atoms with E-state index in [2.05, 4.69) is 10.3 Å². The van der Waals surface area contributed by atoms with Crippen molar-refractivity contribution >= 4 is 34.5 Å². The van der Waals surface area contributed by atoms with Crippen LogP contribution in [0.2, 0.25) is 0 Å². The van der Waals surface area contributed by atoms with Crippen LogP contribution >= 0.6 is 0 Å².